The SMILES string of the molecule is Cc1nc2cnccc2n1Cc1ccc(C(=O)c2c(C(=O)N(C)c3ccccc3)[nH]c3cc(-c4ccc(F)cc4)ccc23)cc1. The summed E-state index contributed by atoms with van der Waals surface area (Å²) in [4.78, 5) is 41.7. The number of aryl methyl sites for hydroxylation is 1. The number of fused-ring (bicyclic) bond motifs is 2. The van der Waals surface area contributed by atoms with Crippen LogP contribution < -0.4 is 4.90 Å². The molecule has 0 spiro atoms. The van der Waals surface area contributed by atoms with Gasteiger partial charge in [-0.05, 0) is 60.0 Å². The van der Waals surface area contributed by atoms with Gasteiger partial charge < -0.3 is 14.5 Å². The number of rotatable bonds is 7. The van der Waals surface area contributed by atoms with Gasteiger partial charge in [-0.1, -0.05) is 66.7 Å². The first kappa shape index (κ1) is 27.9. The lowest BCUT2D eigenvalue weighted by Crippen LogP contribution is -2.28. The molecule has 0 bridgehead atoms. The summed E-state index contributed by atoms with van der Waals surface area (Å²) in [6.45, 7) is 2.55. The van der Waals surface area contributed by atoms with Crippen LogP contribution >= 0.6 is 0 Å². The Kier molecular flexibility index (Phi) is 7.02. The molecule has 0 fully saturated rings. The summed E-state index contributed by atoms with van der Waals surface area (Å²) in [7, 11) is 1.69. The Morgan fingerprint density at radius 3 is 2.38 bits per heavy atom. The topological polar surface area (TPSA) is 83.9 Å². The van der Waals surface area contributed by atoms with Crippen molar-refractivity contribution >= 4 is 39.3 Å². The third-order valence-corrected chi connectivity index (χ3v) is 8.16. The minimum Gasteiger partial charge on any atom is -0.350 e. The number of hydrogen-bond acceptors (Lipinski definition) is 4. The Hall–Kier alpha value is -5.89. The molecular formula is C37H28FN5O2. The van der Waals surface area contributed by atoms with Crippen molar-refractivity contribution in [3.63, 3.8) is 0 Å². The number of nitrogens with one attached hydrogen (secondary N) is 1. The number of anilines is 1. The molecule has 0 unspecified atom stereocenters. The molecule has 7 aromatic rings. The molecule has 1 N–H and O–H groups in total. The average Bonchev–Trinajstić information content (AvgIpc) is 3.61. The van der Waals surface area contributed by atoms with Crippen LogP contribution in [0.4, 0.5) is 10.1 Å². The number of imidazole rings is 1. The molecular weight excluding hydrogens is 565 g/mol. The van der Waals surface area contributed by atoms with Crippen molar-refractivity contribution in [3.05, 3.63) is 150 Å². The van der Waals surface area contributed by atoms with Gasteiger partial charge in [0.1, 0.15) is 22.9 Å². The number of pyridine rings is 1. The van der Waals surface area contributed by atoms with Crippen LogP contribution in [0.25, 0.3) is 33.1 Å². The minimum atomic E-state index is -0.336. The standard InChI is InChI=1S/C37H28FN5O2/c1-23-40-32-21-39-19-18-33(32)43(23)22-24-8-10-26(11-9-24)36(44)34-30-17-14-27(25-12-15-28(38)16-13-25)20-31(30)41-35(34)37(45)42(2)29-6-4-3-5-7-29/h3-21,41H,22H2,1-2H3. The Morgan fingerprint density at radius 1 is 0.889 bits per heavy atom. The molecule has 0 saturated carbocycles. The summed E-state index contributed by atoms with van der Waals surface area (Å²) in [5.41, 5.74) is 6.81. The van der Waals surface area contributed by atoms with Gasteiger partial charge in [0.15, 0.2) is 5.78 Å². The molecule has 8 heteroatoms. The summed E-state index contributed by atoms with van der Waals surface area (Å²) in [6, 6.07) is 30.5. The maximum Gasteiger partial charge on any atom is 0.275 e. The molecule has 7 rings (SSSR count). The second kappa shape index (κ2) is 11.3. The van der Waals surface area contributed by atoms with E-state index in [1.807, 2.05) is 73.7 Å². The number of H-pyrrole nitrogens is 1. The van der Waals surface area contributed by atoms with Crippen molar-refractivity contribution in [3.8, 4) is 11.1 Å². The highest BCUT2D eigenvalue weighted by atomic mass is 19.1. The molecule has 0 radical (unpaired) electrons. The van der Waals surface area contributed by atoms with E-state index in [1.54, 1.807) is 43.7 Å². The van der Waals surface area contributed by atoms with Gasteiger partial charge >= 0.3 is 0 Å². The van der Waals surface area contributed by atoms with Crippen molar-refractivity contribution in [2.75, 3.05) is 11.9 Å². The lowest BCUT2D eigenvalue weighted by atomic mass is 9.97. The van der Waals surface area contributed by atoms with Crippen LogP contribution in [0, 0.1) is 12.7 Å². The Labute approximate surface area is 258 Å². The Bertz CT molecular complexity index is 2200. The summed E-state index contributed by atoms with van der Waals surface area (Å²) in [5, 5.41) is 0.633. The number of para-hydroxylation sites is 1. The number of ketones is 1. The van der Waals surface area contributed by atoms with E-state index in [0.717, 1.165) is 33.5 Å². The van der Waals surface area contributed by atoms with E-state index >= 15 is 0 Å². The highest BCUT2D eigenvalue weighted by Gasteiger charge is 2.27. The summed E-state index contributed by atoms with van der Waals surface area (Å²) in [5.74, 6) is -0.0379. The number of aromatic amines is 1. The van der Waals surface area contributed by atoms with Crippen molar-refractivity contribution in [2.45, 2.75) is 13.5 Å². The van der Waals surface area contributed by atoms with Gasteiger partial charge in [-0.2, -0.15) is 0 Å². The highest BCUT2D eigenvalue weighted by Crippen LogP contribution is 2.31. The highest BCUT2D eigenvalue weighted by molar-refractivity contribution is 6.24. The summed E-state index contributed by atoms with van der Waals surface area (Å²) < 4.78 is 15.7. The van der Waals surface area contributed by atoms with Gasteiger partial charge in [-0.15, -0.1) is 0 Å². The molecule has 3 aromatic heterocycles. The molecule has 220 valence electrons. The van der Waals surface area contributed by atoms with E-state index in [-0.39, 0.29) is 23.2 Å². The van der Waals surface area contributed by atoms with E-state index in [4.69, 9.17) is 0 Å². The van der Waals surface area contributed by atoms with Gasteiger partial charge in [-0.25, -0.2) is 9.37 Å². The predicted molar refractivity (Wildman–Crippen MR) is 174 cm³/mol. The Balaban J connectivity index is 1.27. The molecule has 0 aliphatic carbocycles. The zero-order valence-electron chi connectivity index (χ0n) is 24.7. The van der Waals surface area contributed by atoms with Gasteiger partial charge in [0.25, 0.3) is 5.91 Å². The summed E-state index contributed by atoms with van der Waals surface area (Å²) in [6.07, 6.45) is 3.50. The maximum absolute atomic E-state index is 14.2. The number of nitrogens with zero attached hydrogens (tertiary/aromatic N) is 4. The lowest BCUT2D eigenvalue weighted by Gasteiger charge is -2.17. The molecule has 0 aliphatic heterocycles. The molecule has 0 saturated heterocycles. The van der Waals surface area contributed by atoms with Crippen LogP contribution in [0.1, 0.15) is 37.8 Å². The number of aromatic nitrogens is 4. The first-order valence-electron chi connectivity index (χ1n) is 14.5. The van der Waals surface area contributed by atoms with Gasteiger partial charge in [0, 0.05) is 41.9 Å². The van der Waals surface area contributed by atoms with Crippen LogP contribution in [0.3, 0.4) is 0 Å². The number of halogens is 1. The molecule has 1 amide bonds. The third-order valence-electron chi connectivity index (χ3n) is 8.16. The van der Waals surface area contributed by atoms with Crippen LogP contribution in [0.5, 0.6) is 0 Å². The van der Waals surface area contributed by atoms with Crippen molar-refractivity contribution in [1.29, 1.82) is 0 Å². The van der Waals surface area contributed by atoms with E-state index in [2.05, 4.69) is 19.5 Å². The van der Waals surface area contributed by atoms with Crippen molar-refractivity contribution in [1.82, 2.24) is 19.5 Å². The fourth-order valence-corrected chi connectivity index (χ4v) is 5.74. The van der Waals surface area contributed by atoms with Crippen molar-refractivity contribution in [2.24, 2.45) is 0 Å². The van der Waals surface area contributed by atoms with E-state index in [1.165, 1.54) is 17.0 Å². The lowest BCUT2D eigenvalue weighted by molar-refractivity contribution is 0.0973. The maximum atomic E-state index is 14.2. The van der Waals surface area contributed by atoms with Gasteiger partial charge in [0.05, 0.1) is 17.3 Å². The normalized spacial score (nSPS) is 11.3. The second-order valence-electron chi connectivity index (χ2n) is 11.0. The fourth-order valence-electron chi connectivity index (χ4n) is 5.74. The minimum absolute atomic E-state index is 0.204. The second-order valence-corrected chi connectivity index (χ2v) is 11.0. The van der Waals surface area contributed by atoms with E-state index < -0.39 is 0 Å². The first-order valence-corrected chi connectivity index (χ1v) is 14.5. The van der Waals surface area contributed by atoms with Crippen LogP contribution in [-0.2, 0) is 6.54 Å². The Morgan fingerprint density at radius 2 is 1.62 bits per heavy atom. The van der Waals surface area contributed by atoms with Crippen LogP contribution in [0.15, 0.2) is 116 Å². The predicted octanol–water partition coefficient (Wildman–Crippen LogP) is 7.58. The van der Waals surface area contributed by atoms with Crippen molar-refractivity contribution < 1.29 is 14.0 Å². The first-order chi connectivity index (χ1) is 21.9. The monoisotopic (exact) mass is 593 g/mol. The average molecular weight is 594 g/mol. The van der Waals surface area contributed by atoms with Crippen LogP contribution in [-0.4, -0.2) is 38.3 Å². The molecule has 7 nitrogen and oxygen atoms in total. The largest absolute Gasteiger partial charge is 0.350 e. The number of carbonyl (C=O) groups is 2. The van der Waals surface area contributed by atoms with Crippen LogP contribution in [0.2, 0.25) is 0 Å². The van der Waals surface area contributed by atoms with Gasteiger partial charge in [0.2, 0.25) is 0 Å². The number of hydrogen-bond donors (Lipinski definition) is 1. The zero-order chi connectivity index (χ0) is 31.1. The third kappa shape index (κ3) is 5.16. The number of carbonyl (C=O) groups excluding carboxylic acids is 2. The number of amides is 1. The molecule has 4 aromatic carbocycles. The summed E-state index contributed by atoms with van der Waals surface area (Å²) >= 11 is 0. The zero-order valence-corrected chi connectivity index (χ0v) is 24.7. The smallest absolute Gasteiger partial charge is 0.275 e. The molecule has 0 atom stereocenters. The fraction of sp³-hybridized carbons (Fsp3) is 0.0811. The number of benzene rings is 4. The quantitative estimate of drug-likeness (QED) is 0.193. The molecule has 45 heavy (non-hydrogen) atoms. The molecule has 3 heterocycles. The van der Waals surface area contributed by atoms with Gasteiger partial charge in [-0.3, -0.25) is 14.6 Å². The molecule has 0 aliphatic rings. The van der Waals surface area contributed by atoms with E-state index in [9.17, 15) is 14.0 Å². The van der Waals surface area contributed by atoms with E-state index in [0.29, 0.717) is 34.3 Å².